The van der Waals surface area contributed by atoms with Gasteiger partial charge in [0.15, 0.2) is 12.6 Å². The number of aliphatic carboxylic acids is 1. The lowest BCUT2D eigenvalue weighted by atomic mass is 9.74. The number of Topliss-reactive ketones (excluding diaryl/α,β-unsaturated/α-hetero) is 1. The zero-order valence-electron chi connectivity index (χ0n) is 33.1. The SMILES string of the molecule is CCC[C@@](C)(O)[C@H](O)[C@@H](C)C(=O)[C@H](C)C[C@@](C)(O)[C@H](O[C@@H]1O[C@H](C)C[C@H](N(C)C)[C@H]1O)[C@@H](C)[C@H](O[C@H]1C[C@@](C)(OC)[C@@H](O)[C@H](C)O1)[C@@H](C)C(=O)O. The molecule has 2 fully saturated rings. The molecule has 2 rings (SSSR count). The van der Waals surface area contributed by atoms with Gasteiger partial charge in [-0.1, -0.05) is 34.1 Å². The van der Waals surface area contributed by atoms with Crippen molar-refractivity contribution in [1.29, 1.82) is 0 Å². The summed E-state index contributed by atoms with van der Waals surface area (Å²) in [7, 11) is 5.12. The zero-order chi connectivity index (χ0) is 39.4. The van der Waals surface area contributed by atoms with E-state index in [2.05, 4.69) is 0 Å². The van der Waals surface area contributed by atoms with Crippen LogP contribution in [0.5, 0.6) is 0 Å². The van der Waals surface area contributed by atoms with Gasteiger partial charge in [0.2, 0.25) is 0 Å². The van der Waals surface area contributed by atoms with Gasteiger partial charge in [-0.2, -0.15) is 0 Å². The van der Waals surface area contributed by atoms with E-state index in [-0.39, 0.29) is 37.2 Å². The summed E-state index contributed by atoms with van der Waals surface area (Å²) in [6.07, 6.45) is -7.84. The third-order valence-electron chi connectivity index (χ3n) is 11.4. The summed E-state index contributed by atoms with van der Waals surface area (Å²) in [4.78, 5) is 28.1. The summed E-state index contributed by atoms with van der Waals surface area (Å²) >= 11 is 0. The zero-order valence-corrected chi connectivity index (χ0v) is 33.1. The van der Waals surface area contributed by atoms with Crippen molar-refractivity contribution in [3.8, 4) is 0 Å². The minimum atomic E-state index is -1.85. The van der Waals surface area contributed by atoms with Crippen molar-refractivity contribution < 1.29 is 63.9 Å². The highest BCUT2D eigenvalue weighted by Crippen LogP contribution is 2.39. The molecule has 0 bridgehead atoms. The Balaban J connectivity index is 2.56. The maximum absolute atomic E-state index is 13.7. The van der Waals surface area contributed by atoms with Gasteiger partial charge in [0, 0.05) is 37.3 Å². The maximum atomic E-state index is 13.7. The largest absolute Gasteiger partial charge is 0.481 e. The number of aliphatic hydroxyl groups excluding tert-OH is 3. The Labute approximate surface area is 304 Å². The molecule has 0 spiro atoms. The molecular weight excluding hydrogens is 666 g/mol. The van der Waals surface area contributed by atoms with Gasteiger partial charge in [0.05, 0.1) is 53.2 Å². The summed E-state index contributed by atoms with van der Waals surface area (Å²) in [6, 6.07) is -0.348. The lowest BCUT2D eigenvalue weighted by molar-refractivity contribution is -0.317. The number of hydrogen-bond donors (Lipinski definition) is 6. The van der Waals surface area contributed by atoms with E-state index < -0.39 is 95.6 Å². The summed E-state index contributed by atoms with van der Waals surface area (Å²) in [6.45, 7) is 16.4. The molecule has 300 valence electrons. The molecule has 0 radical (unpaired) electrons. The van der Waals surface area contributed by atoms with Crippen LogP contribution in [0.3, 0.4) is 0 Å². The van der Waals surface area contributed by atoms with Gasteiger partial charge in [-0.25, -0.2) is 0 Å². The number of carboxylic acid groups (broad SMARTS) is 1. The summed E-state index contributed by atoms with van der Waals surface area (Å²) in [5.41, 5.74) is -4.40. The van der Waals surface area contributed by atoms with Crippen LogP contribution in [0, 0.1) is 23.7 Å². The Morgan fingerprint density at radius 3 is 2.10 bits per heavy atom. The first-order valence-corrected chi connectivity index (χ1v) is 18.4. The normalized spacial score (nSPS) is 35.5. The van der Waals surface area contributed by atoms with Crippen LogP contribution in [0.4, 0.5) is 0 Å². The minimum absolute atomic E-state index is 0.0759. The molecule has 14 heteroatoms. The smallest absolute Gasteiger partial charge is 0.308 e. The molecule has 0 saturated carbocycles. The number of nitrogens with zero attached hydrogens (tertiary/aromatic N) is 1. The van der Waals surface area contributed by atoms with E-state index in [1.165, 1.54) is 27.9 Å². The average Bonchev–Trinajstić information content (AvgIpc) is 3.03. The number of carbonyl (C=O) groups is 2. The quantitative estimate of drug-likeness (QED) is 0.113. The Kier molecular flexibility index (Phi) is 16.5. The Morgan fingerprint density at radius 1 is 1.00 bits per heavy atom. The lowest BCUT2D eigenvalue weighted by Gasteiger charge is -2.48. The number of hydrogen-bond acceptors (Lipinski definition) is 13. The Bertz CT molecular complexity index is 1120. The van der Waals surface area contributed by atoms with Crippen LogP contribution in [-0.4, -0.2) is 147 Å². The van der Waals surface area contributed by atoms with Gasteiger partial charge in [-0.3, -0.25) is 9.59 Å². The summed E-state index contributed by atoms with van der Waals surface area (Å²) in [5.74, 6) is -5.42. The number of carbonyl (C=O) groups excluding carboxylic acids is 1. The fourth-order valence-corrected chi connectivity index (χ4v) is 8.05. The van der Waals surface area contributed by atoms with Crippen molar-refractivity contribution in [2.75, 3.05) is 21.2 Å². The van der Waals surface area contributed by atoms with Gasteiger partial charge in [0.1, 0.15) is 18.0 Å². The first kappa shape index (κ1) is 45.9. The van der Waals surface area contributed by atoms with Crippen LogP contribution < -0.4 is 0 Å². The van der Waals surface area contributed by atoms with Crippen LogP contribution in [-0.2, 0) is 33.3 Å². The summed E-state index contributed by atoms with van der Waals surface area (Å²) in [5, 5.41) is 66.5. The van der Waals surface area contributed by atoms with E-state index in [4.69, 9.17) is 23.7 Å². The molecule has 0 aliphatic carbocycles. The van der Waals surface area contributed by atoms with Crippen LogP contribution in [0.1, 0.15) is 101 Å². The summed E-state index contributed by atoms with van der Waals surface area (Å²) < 4.78 is 30.6. The first-order chi connectivity index (χ1) is 23.3. The number of ether oxygens (including phenoxy) is 5. The molecule has 0 aromatic carbocycles. The molecule has 2 heterocycles. The van der Waals surface area contributed by atoms with Gasteiger partial charge in [0.25, 0.3) is 0 Å². The number of aliphatic hydroxyl groups is 5. The molecule has 6 N–H and O–H groups in total. The molecule has 0 amide bonds. The van der Waals surface area contributed by atoms with Crippen molar-refractivity contribution in [3.63, 3.8) is 0 Å². The van der Waals surface area contributed by atoms with Crippen molar-refractivity contribution in [3.05, 3.63) is 0 Å². The Hall–Kier alpha value is -1.30. The monoisotopic (exact) mass is 735 g/mol. The van der Waals surface area contributed by atoms with E-state index in [0.717, 1.165) is 0 Å². The molecule has 17 atom stereocenters. The molecule has 0 aromatic rings. The highest BCUT2D eigenvalue weighted by Gasteiger charge is 2.51. The third kappa shape index (κ3) is 11.1. The fraction of sp³-hybridized carbons (Fsp3) is 0.946. The van der Waals surface area contributed by atoms with E-state index >= 15 is 0 Å². The van der Waals surface area contributed by atoms with Gasteiger partial charge in [-0.05, 0) is 74.9 Å². The molecule has 14 nitrogen and oxygen atoms in total. The predicted molar refractivity (Wildman–Crippen MR) is 189 cm³/mol. The third-order valence-corrected chi connectivity index (χ3v) is 11.4. The van der Waals surface area contributed by atoms with E-state index in [0.29, 0.717) is 12.8 Å². The second-order valence-corrected chi connectivity index (χ2v) is 16.4. The van der Waals surface area contributed by atoms with Crippen LogP contribution in [0.25, 0.3) is 0 Å². The van der Waals surface area contributed by atoms with Crippen LogP contribution in [0.2, 0.25) is 0 Å². The lowest BCUT2D eigenvalue weighted by Crippen LogP contribution is -2.60. The van der Waals surface area contributed by atoms with Crippen LogP contribution in [0.15, 0.2) is 0 Å². The number of carboxylic acids is 1. The second kappa shape index (κ2) is 18.4. The van der Waals surface area contributed by atoms with E-state index in [1.807, 2.05) is 32.8 Å². The topological polar surface area (TPSA) is 205 Å². The molecule has 51 heavy (non-hydrogen) atoms. The van der Waals surface area contributed by atoms with Crippen molar-refractivity contribution in [2.24, 2.45) is 23.7 Å². The Morgan fingerprint density at radius 2 is 1.59 bits per heavy atom. The van der Waals surface area contributed by atoms with E-state index in [1.54, 1.807) is 34.6 Å². The minimum Gasteiger partial charge on any atom is -0.481 e. The highest BCUT2D eigenvalue weighted by atomic mass is 16.7. The number of ketones is 1. The average molecular weight is 736 g/mol. The maximum Gasteiger partial charge on any atom is 0.308 e. The van der Waals surface area contributed by atoms with Crippen LogP contribution >= 0.6 is 0 Å². The number of rotatable bonds is 19. The molecular formula is C37H69NO13. The van der Waals surface area contributed by atoms with Gasteiger partial charge < -0.3 is 59.2 Å². The standard InChI is InChI=1S/C37H69NO13/c1-14-15-35(8,45)30(41)21(4)27(39)19(2)17-36(9,46)32(51-34-28(40)25(38(11)12)16-20(3)48-34)22(5)29(23(6)33(43)44)50-26-18-37(10,47-13)31(42)24(7)49-26/h19-26,28-32,34,40-42,45-46H,14-18H2,1-13H3,(H,43,44)/t19-,20-,21+,22+,23-,24+,25+,26+,28-,29+,30-,31+,32-,34+,35-,36-,37-/m1/s1. The molecule has 0 aromatic heterocycles. The van der Waals surface area contributed by atoms with Crippen molar-refractivity contribution in [2.45, 2.75) is 179 Å². The van der Waals surface area contributed by atoms with Crippen molar-refractivity contribution in [1.82, 2.24) is 4.90 Å². The highest BCUT2D eigenvalue weighted by molar-refractivity contribution is 5.83. The number of methoxy groups -OCH3 is 1. The molecule has 2 saturated heterocycles. The second-order valence-electron chi connectivity index (χ2n) is 16.4. The number of likely N-dealkylation sites (N-methyl/N-ethyl adjacent to an activating group) is 1. The predicted octanol–water partition coefficient (Wildman–Crippen LogP) is 2.33. The molecule has 0 unspecified atom stereocenters. The molecule has 2 aliphatic rings. The van der Waals surface area contributed by atoms with Gasteiger partial charge in [-0.15, -0.1) is 0 Å². The van der Waals surface area contributed by atoms with E-state index in [9.17, 15) is 40.2 Å². The van der Waals surface area contributed by atoms with Crippen molar-refractivity contribution >= 4 is 11.8 Å². The molecule has 2 aliphatic heterocycles. The fourth-order valence-electron chi connectivity index (χ4n) is 8.05. The first-order valence-electron chi connectivity index (χ1n) is 18.4. The van der Waals surface area contributed by atoms with Gasteiger partial charge >= 0.3 is 5.97 Å².